The molecular formula is C55H45NS. The highest BCUT2D eigenvalue weighted by Gasteiger charge is 2.44. The van der Waals surface area contributed by atoms with Crippen LogP contribution in [0.15, 0.2) is 176 Å². The molecule has 11 rings (SSSR count). The van der Waals surface area contributed by atoms with Gasteiger partial charge in [0.2, 0.25) is 0 Å². The summed E-state index contributed by atoms with van der Waals surface area (Å²) in [6.45, 7) is 2.32. The molecule has 1 heterocycles. The molecule has 3 aliphatic carbocycles. The van der Waals surface area contributed by atoms with Crippen LogP contribution in [-0.2, 0) is 5.41 Å². The number of allylic oxidation sites excluding steroid dienone is 4. The molecule has 2 heteroatoms. The van der Waals surface area contributed by atoms with Gasteiger partial charge in [0.15, 0.2) is 0 Å². The first-order chi connectivity index (χ1) is 28.2. The molecule has 1 nitrogen and oxygen atoms in total. The van der Waals surface area contributed by atoms with Gasteiger partial charge in [0.1, 0.15) is 0 Å². The highest BCUT2D eigenvalue weighted by molar-refractivity contribution is 7.26. The molecule has 1 atom stereocenters. The van der Waals surface area contributed by atoms with Crippen molar-refractivity contribution in [3.63, 3.8) is 0 Å². The van der Waals surface area contributed by atoms with Crippen LogP contribution < -0.4 is 4.90 Å². The van der Waals surface area contributed by atoms with E-state index in [4.69, 9.17) is 0 Å². The molecule has 7 aromatic carbocycles. The van der Waals surface area contributed by atoms with Crippen LogP contribution in [0, 0.1) is 5.92 Å². The first-order valence-electron chi connectivity index (χ1n) is 20.8. The van der Waals surface area contributed by atoms with Gasteiger partial charge in [-0.3, -0.25) is 0 Å². The zero-order chi connectivity index (χ0) is 37.9. The van der Waals surface area contributed by atoms with Gasteiger partial charge in [-0.25, -0.2) is 0 Å². The lowest BCUT2D eigenvalue weighted by molar-refractivity contribution is 0.353. The van der Waals surface area contributed by atoms with Crippen molar-refractivity contribution in [3.8, 4) is 33.4 Å². The summed E-state index contributed by atoms with van der Waals surface area (Å²) in [6.07, 6.45) is 14.2. The molecule has 8 aromatic rings. The van der Waals surface area contributed by atoms with Gasteiger partial charge in [0, 0.05) is 36.8 Å². The molecule has 0 radical (unpaired) electrons. The highest BCUT2D eigenvalue weighted by Crippen LogP contribution is 2.57. The molecule has 1 fully saturated rings. The van der Waals surface area contributed by atoms with E-state index in [1.165, 1.54) is 125 Å². The van der Waals surface area contributed by atoms with Gasteiger partial charge in [0.25, 0.3) is 0 Å². The summed E-state index contributed by atoms with van der Waals surface area (Å²) in [5, 5.41) is 2.63. The van der Waals surface area contributed by atoms with E-state index >= 15 is 0 Å². The largest absolute Gasteiger partial charge is 0.309 e. The molecule has 1 unspecified atom stereocenters. The molecule has 1 spiro atoms. The Labute approximate surface area is 340 Å². The van der Waals surface area contributed by atoms with Gasteiger partial charge in [-0.2, -0.15) is 0 Å². The number of hydrogen-bond donors (Lipinski definition) is 0. The number of nitrogens with zero attached hydrogens (tertiary/aromatic N) is 1. The van der Waals surface area contributed by atoms with E-state index in [1.54, 1.807) is 0 Å². The normalized spacial score (nSPS) is 16.8. The summed E-state index contributed by atoms with van der Waals surface area (Å²) in [4.78, 5) is 2.59. The van der Waals surface area contributed by atoms with Gasteiger partial charge >= 0.3 is 0 Å². The Kier molecular flexibility index (Phi) is 8.37. The summed E-state index contributed by atoms with van der Waals surface area (Å²) >= 11 is 1.89. The summed E-state index contributed by atoms with van der Waals surface area (Å²) < 4.78 is 2.63. The van der Waals surface area contributed by atoms with Crippen LogP contribution in [0.3, 0.4) is 0 Å². The third-order valence-corrected chi connectivity index (χ3v) is 14.2. The van der Waals surface area contributed by atoms with Crippen molar-refractivity contribution in [3.05, 3.63) is 193 Å². The molecule has 0 bridgehead atoms. The molecule has 1 aromatic heterocycles. The second-order valence-corrected chi connectivity index (χ2v) is 17.5. The maximum Gasteiger partial charge on any atom is 0.0555 e. The maximum atomic E-state index is 2.59. The molecule has 276 valence electrons. The minimum Gasteiger partial charge on any atom is -0.309 e. The van der Waals surface area contributed by atoms with Gasteiger partial charge < -0.3 is 4.90 Å². The molecular weight excluding hydrogens is 707 g/mol. The minimum absolute atomic E-state index is 0.0588. The molecule has 0 amide bonds. The van der Waals surface area contributed by atoms with Crippen LogP contribution in [0.2, 0.25) is 0 Å². The Morgan fingerprint density at radius 2 is 1.14 bits per heavy atom. The quantitative estimate of drug-likeness (QED) is 0.164. The van der Waals surface area contributed by atoms with E-state index in [0.29, 0.717) is 5.92 Å². The Morgan fingerprint density at radius 1 is 0.526 bits per heavy atom. The van der Waals surface area contributed by atoms with Gasteiger partial charge in [-0.1, -0.05) is 166 Å². The third-order valence-electron chi connectivity index (χ3n) is 13.0. The minimum atomic E-state index is 0.0588. The van der Waals surface area contributed by atoms with Crippen molar-refractivity contribution < 1.29 is 0 Å². The summed E-state index contributed by atoms with van der Waals surface area (Å²) in [5.74, 6) is 0.520. The first kappa shape index (κ1) is 34.3. The molecule has 0 aliphatic heterocycles. The maximum absolute atomic E-state index is 2.59. The van der Waals surface area contributed by atoms with Crippen molar-refractivity contribution in [1.29, 1.82) is 0 Å². The fourth-order valence-electron chi connectivity index (χ4n) is 10.5. The zero-order valence-corrected chi connectivity index (χ0v) is 33.2. The van der Waals surface area contributed by atoms with Crippen molar-refractivity contribution >= 4 is 54.1 Å². The lowest BCUT2D eigenvalue weighted by Crippen LogP contribution is -2.28. The van der Waals surface area contributed by atoms with Crippen LogP contribution in [0.1, 0.15) is 62.1 Å². The standard InChI is InChI=1S/C55H45NS/c1-37-17-15-18-38(35-37)40-19-3-4-20-41(40)42-21-5-6-22-43(42)46-24-8-11-27-50(46)56(51-28-16-30-53-54(51)47-25-9-12-29-52(47)57-53)39-31-32-45-44-23-7-10-26-48(44)55(49(45)36-39)33-13-2-14-34-55/h3-12,15-32,36-37H,2,13-14,33-35H2,1H3. The molecule has 0 N–H and O–H groups in total. The van der Waals surface area contributed by atoms with Crippen LogP contribution in [0.5, 0.6) is 0 Å². The topological polar surface area (TPSA) is 3.24 Å². The van der Waals surface area contributed by atoms with E-state index < -0.39 is 0 Å². The van der Waals surface area contributed by atoms with Crippen molar-refractivity contribution in [2.24, 2.45) is 5.92 Å². The zero-order valence-electron chi connectivity index (χ0n) is 32.4. The van der Waals surface area contributed by atoms with Gasteiger partial charge in [-0.05, 0) is 112 Å². The molecule has 0 saturated heterocycles. The van der Waals surface area contributed by atoms with Crippen LogP contribution >= 0.6 is 11.3 Å². The third kappa shape index (κ3) is 5.57. The van der Waals surface area contributed by atoms with Gasteiger partial charge in [0.05, 0.1) is 11.4 Å². The smallest absolute Gasteiger partial charge is 0.0555 e. The Morgan fingerprint density at radius 3 is 1.95 bits per heavy atom. The second-order valence-electron chi connectivity index (χ2n) is 16.4. The Balaban J connectivity index is 1.16. The van der Waals surface area contributed by atoms with E-state index in [-0.39, 0.29) is 5.41 Å². The van der Waals surface area contributed by atoms with Crippen LogP contribution in [-0.4, -0.2) is 0 Å². The number of benzene rings is 7. The number of rotatable bonds is 6. The van der Waals surface area contributed by atoms with Crippen molar-refractivity contribution in [2.45, 2.75) is 50.9 Å². The first-order valence-corrected chi connectivity index (χ1v) is 21.6. The van der Waals surface area contributed by atoms with Crippen LogP contribution in [0.25, 0.3) is 59.1 Å². The highest BCUT2D eigenvalue weighted by atomic mass is 32.1. The van der Waals surface area contributed by atoms with Crippen LogP contribution in [0.4, 0.5) is 17.1 Å². The number of hydrogen-bond acceptors (Lipinski definition) is 2. The monoisotopic (exact) mass is 751 g/mol. The van der Waals surface area contributed by atoms with E-state index in [0.717, 1.165) is 6.42 Å². The second kappa shape index (κ2) is 13.9. The number of para-hydroxylation sites is 1. The van der Waals surface area contributed by atoms with E-state index in [9.17, 15) is 0 Å². The number of thiophene rings is 1. The fourth-order valence-corrected chi connectivity index (χ4v) is 11.6. The van der Waals surface area contributed by atoms with Gasteiger partial charge in [-0.15, -0.1) is 11.3 Å². The predicted octanol–water partition coefficient (Wildman–Crippen LogP) is 16.1. The average Bonchev–Trinajstić information content (AvgIpc) is 3.78. The van der Waals surface area contributed by atoms with Crippen molar-refractivity contribution in [2.75, 3.05) is 4.90 Å². The molecule has 57 heavy (non-hydrogen) atoms. The summed E-state index contributed by atoms with van der Waals surface area (Å²) in [7, 11) is 0. The van der Waals surface area contributed by atoms with E-state index in [2.05, 4.69) is 188 Å². The summed E-state index contributed by atoms with van der Waals surface area (Å²) in [6, 6.07) is 59.7. The van der Waals surface area contributed by atoms with Crippen molar-refractivity contribution in [1.82, 2.24) is 0 Å². The predicted molar refractivity (Wildman–Crippen MR) is 245 cm³/mol. The SMILES string of the molecule is CC1C=CC=C(c2ccccc2-c2ccccc2-c2ccccc2N(c2ccc3c(c2)C2(CCCCC2)c2ccccc2-3)c2cccc3sc4ccccc4c23)C1. The lowest BCUT2D eigenvalue weighted by Gasteiger charge is -2.37. The fraction of sp³-hybridized carbons (Fsp3) is 0.164. The molecule has 1 saturated carbocycles. The number of fused-ring (bicyclic) bond motifs is 8. The summed E-state index contributed by atoms with van der Waals surface area (Å²) in [5.41, 5.74) is 17.3. The average molecular weight is 752 g/mol. The Hall–Kier alpha value is -5.96. The Bertz CT molecular complexity index is 2900. The molecule has 3 aliphatic rings. The van der Waals surface area contributed by atoms with E-state index in [1.807, 2.05) is 11.3 Å². The number of anilines is 3. The lowest BCUT2D eigenvalue weighted by atomic mass is 9.68.